The van der Waals surface area contributed by atoms with Gasteiger partial charge in [-0.15, -0.1) is 10.2 Å². The molecule has 0 aliphatic carbocycles. The Bertz CT molecular complexity index is 1130. The number of ether oxygens (including phenoxy) is 1. The normalized spacial score (nSPS) is 18.4. The molecule has 0 saturated carbocycles. The summed E-state index contributed by atoms with van der Waals surface area (Å²) in [5, 5.41) is 13.8. The Morgan fingerprint density at radius 1 is 1.06 bits per heavy atom. The summed E-state index contributed by atoms with van der Waals surface area (Å²) in [4.78, 5) is 27.3. The molecule has 8 nitrogen and oxygen atoms in total. The van der Waals surface area contributed by atoms with E-state index >= 15 is 0 Å². The minimum absolute atomic E-state index is 0.000337. The van der Waals surface area contributed by atoms with Gasteiger partial charge in [0.25, 0.3) is 0 Å². The van der Waals surface area contributed by atoms with Crippen LogP contribution >= 0.6 is 0 Å². The second kappa shape index (κ2) is 9.08. The van der Waals surface area contributed by atoms with Crippen LogP contribution in [0.2, 0.25) is 0 Å². The minimum Gasteiger partial charge on any atom is -0.381 e. The topological polar surface area (TPSA) is 89.4 Å². The summed E-state index contributed by atoms with van der Waals surface area (Å²) in [5.41, 5.74) is 1.05. The zero-order chi connectivity index (χ0) is 21.9. The van der Waals surface area contributed by atoms with Crippen molar-refractivity contribution >= 4 is 22.6 Å². The van der Waals surface area contributed by atoms with Crippen molar-refractivity contribution in [1.29, 1.82) is 0 Å². The van der Waals surface area contributed by atoms with Gasteiger partial charge < -0.3 is 19.5 Å². The predicted octanol–water partition coefficient (Wildman–Crippen LogP) is 1.71. The molecule has 166 valence electrons. The number of aromatic nitrogens is 3. The third kappa shape index (κ3) is 4.23. The van der Waals surface area contributed by atoms with E-state index in [0.717, 1.165) is 34.4 Å². The van der Waals surface area contributed by atoms with Crippen molar-refractivity contribution in [2.24, 2.45) is 5.92 Å². The van der Waals surface area contributed by atoms with Crippen LogP contribution in [-0.2, 0) is 40.3 Å². The zero-order valence-electron chi connectivity index (χ0n) is 18.0. The Morgan fingerprint density at radius 3 is 2.81 bits per heavy atom. The first-order valence-corrected chi connectivity index (χ1v) is 11.2. The zero-order valence-corrected chi connectivity index (χ0v) is 18.0. The molecule has 1 aromatic heterocycles. The molecule has 0 spiro atoms. The lowest BCUT2D eigenvalue weighted by atomic mass is 10.0. The van der Waals surface area contributed by atoms with Crippen molar-refractivity contribution in [3.05, 3.63) is 59.7 Å². The van der Waals surface area contributed by atoms with E-state index < -0.39 is 0 Å². The number of nitrogens with zero attached hydrogens (tertiary/aromatic N) is 4. The highest BCUT2D eigenvalue weighted by atomic mass is 16.5. The summed E-state index contributed by atoms with van der Waals surface area (Å²) in [6.45, 7) is 3.31. The Morgan fingerprint density at radius 2 is 1.94 bits per heavy atom. The summed E-state index contributed by atoms with van der Waals surface area (Å²) in [6.07, 6.45) is 1.80. The third-order valence-corrected chi connectivity index (χ3v) is 6.40. The van der Waals surface area contributed by atoms with Gasteiger partial charge in [-0.05, 0) is 22.8 Å². The minimum atomic E-state index is -0.0799. The van der Waals surface area contributed by atoms with Gasteiger partial charge in [0.15, 0.2) is 5.82 Å². The molecule has 3 aromatic rings. The van der Waals surface area contributed by atoms with E-state index in [2.05, 4.69) is 33.7 Å². The van der Waals surface area contributed by atoms with Crippen LogP contribution in [0.15, 0.2) is 42.5 Å². The number of carbonyl (C=O) groups excluding carboxylic acids is 2. The van der Waals surface area contributed by atoms with Crippen LogP contribution in [0.4, 0.5) is 0 Å². The first-order valence-electron chi connectivity index (χ1n) is 11.2. The van der Waals surface area contributed by atoms with Gasteiger partial charge in [-0.2, -0.15) is 0 Å². The highest BCUT2D eigenvalue weighted by Gasteiger charge is 2.25. The van der Waals surface area contributed by atoms with E-state index in [9.17, 15) is 9.59 Å². The van der Waals surface area contributed by atoms with Gasteiger partial charge in [-0.25, -0.2) is 0 Å². The number of nitrogens with one attached hydrogen (secondary N) is 1. The number of rotatable bonds is 5. The van der Waals surface area contributed by atoms with Crippen LogP contribution in [0.1, 0.15) is 23.6 Å². The fraction of sp³-hybridized carbons (Fsp3) is 0.417. The lowest BCUT2D eigenvalue weighted by Gasteiger charge is -2.20. The monoisotopic (exact) mass is 433 g/mol. The largest absolute Gasteiger partial charge is 0.381 e. The molecule has 0 unspecified atom stereocenters. The van der Waals surface area contributed by atoms with Gasteiger partial charge >= 0.3 is 0 Å². The average Bonchev–Trinajstić information content (AvgIpc) is 3.44. The van der Waals surface area contributed by atoms with Gasteiger partial charge in [0, 0.05) is 32.7 Å². The fourth-order valence-electron chi connectivity index (χ4n) is 4.54. The van der Waals surface area contributed by atoms with Crippen molar-refractivity contribution < 1.29 is 14.3 Å². The van der Waals surface area contributed by atoms with E-state index in [1.165, 1.54) is 0 Å². The predicted molar refractivity (Wildman–Crippen MR) is 119 cm³/mol. The molecule has 2 aliphatic rings. The Kier molecular flexibility index (Phi) is 5.85. The molecule has 2 aliphatic heterocycles. The molecule has 1 N–H and O–H groups in total. The summed E-state index contributed by atoms with van der Waals surface area (Å²) < 4.78 is 7.33. The molecular formula is C24H27N5O3. The van der Waals surface area contributed by atoms with Crippen molar-refractivity contribution in [2.45, 2.75) is 32.4 Å². The molecule has 5 rings (SSSR count). The highest BCUT2D eigenvalue weighted by molar-refractivity contribution is 5.90. The molecule has 0 bridgehead atoms. The van der Waals surface area contributed by atoms with E-state index in [1.807, 2.05) is 33.7 Å². The third-order valence-electron chi connectivity index (χ3n) is 6.40. The van der Waals surface area contributed by atoms with Gasteiger partial charge in [0.1, 0.15) is 5.82 Å². The van der Waals surface area contributed by atoms with Crippen LogP contribution in [0, 0.1) is 5.92 Å². The van der Waals surface area contributed by atoms with Crippen molar-refractivity contribution in [3.63, 3.8) is 0 Å². The van der Waals surface area contributed by atoms with Crippen molar-refractivity contribution in [2.75, 3.05) is 26.3 Å². The number of benzene rings is 2. The van der Waals surface area contributed by atoms with Crippen LogP contribution in [0.3, 0.4) is 0 Å². The second-order valence-corrected chi connectivity index (χ2v) is 8.41. The Hall–Kier alpha value is -3.26. The fourth-order valence-corrected chi connectivity index (χ4v) is 4.54. The first-order chi connectivity index (χ1) is 15.7. The van der Waals surface area contributed by atoms with Gasteiger partial charge in [-0.3, -0.25) is 9.59 Å². The van der Waals surface area contributed by atoms with Gasteiger partial charge in [-0.1, -0.05) is 42.5 Å². The van der Waals surface area contributed by atoms with Gasteiger partial charge in [0.2, 0.25) is 11.8 Å². The molecular weight excluding hydrogens is 406 g/mol. The van der Waals surface area contributed by atoms with Crippen LogP contribution in [0.25, 0.3) is 10.8 Å². The molecule has 8 heteroatoms. The Balaban J connectivity index is 1.22. The van der Waals surface area contributed by atoms with E-state index in [4.69, 9.17) is 4.74 Å². The maximum Gasteiger partial charge on any atom is 0.227 e. The number of carbonyl (C=O) groups is 2. The van der Waals surface area contributed by atoms with Crippen LogP contribution < -0.4 is 5.32 Å². The highest BCUT2D eigenvalue weighted by Crippen LogP contribution is 2.20. The molecule has 2 amide bonds. The van der Waals surface area contributed by atoms with Gasteiger partial charge in [0.05, 0.1) is 25.5 Å². The average molecular weight is 434 g/mol. The lowest BCUT2D eigenvalue weighted by Crippen LogP contribution is -2.35. The number of fused-ring (bicyclic) bond motifs is 2. The molecule has 1 fully saturated rings. The number of hydrogen-bond acceptors (Lipinski definition) is 5. The molecule has 2 aromatic carbocycles. The summed E-state index contributed by atoms with van der Waals surface area (Å²) in [6, 6.07) is 14.3. The standard InChI is InChI=1S/C24H27N5O3/c30-23(14-18-6-3-5-17-4-1-2-7-20(17)18)28-10-8-21-26-27-22(29(21)12-11-28)15-25-24(31)19-9-13-32-16-19/h1-7,19H,8-16H2,(H,25,31)/t19-/m1/s1. The maximum atomic E-state index is 13.1. The SMILES string of the molecule is O=C(NCc1nnc2n1CCN(C(=O)Cc1cccc3ccccc13)CC2)[C@@H]1CCOC1. The summed E-state index contributed by atoms with van der Waals surface area (Å²) in [7, 11) is 0. The van der Waals surface area contributed by atoms with Crippen LogP contribution in [-0.4, -0.2) is 57.8 Å². The smallest absolute Gasteiger partial charge is 0.227 e. The van der Waals surface area contributed by atoms with E-state index in [-0.39, 0.29) is 17.7 Å². The Labute approximate surface area is 186 Å². The maximum absolute atomic E-state index is 13.1. The summed E-state index contributed by atoms with van der Waals surface area (Å²) >= 11 is 0. The molecule has 0 radical (unpaired) electrons. The molecule has 32 heavy (non-hydrogen) atoms. The van der Waals surface area contributed by atoms with E-state index in [1.54, 1.807) is 0 Å². The number of hydrogen-bond donors (Lipinski definition) is 1. The first kappa shape index (κ1) is 20.6. The second-order valence-electron chi connectivity index (χ2n) is 8.41. The summed E-state index contributed by atoms with van der Waals surface area (Å²) in [5.74, 6) is 1.63. The molecule has 3 heterocycles. The van der Waals surface area contributed by atoms with Crippen LogP contribution in [0.5, 0.6) is 0 Å². The number of amides is 2. The lowest BCUT2D eigenvalue weighted by molar-refractivity contribution is -0.130. The van der Waals surface area contributed by atoms with Crippen molar-refractivity contribution in [1.82, 2.24) is 25.0 Å². The quantitative estimate of drug-likeness (QED) is 0.662. The van der Waals surface area contributed by atoms with Crippen molar-refractivity contribution in [3.8, 4) is 0 Å². The van der Waals surface area contributed by atoms with E-state index in [0.29, 0.717) is 52.2 Å². The molecule has 1 saturated heterocycles. The molecule has 1 atom stereocenters.